The summed E-state index contributed by atoms with van der Waals surface area (Å²) in [4.78, 5) is 0. The van der Waals surface area contributed by atoms with E-state index < -0.39 is 15.4 Å². The molecule has 0 aliphatic carbocycles. The molecule has 0 radical (unpaired) electrons. The lowest BCUT2D eigenvalue weighted by atomic mass is 10.0. The number of halogens is 1. The van der Waals surface area contributed by atoms with E-state index in [-0.39, 0.29) is 11.5 Å². The first-order valence-corrected chi connectivity index (χ1v) is 8.97. The zero-order valence-corrected chi connectivity index (χ0v) is 13.7. The fraction of sp³-hybridized carbons (Fsp3) is 0.417. The minimum absolute atomic E-state index is 0.0457. The first-order chi connectivity index (χ1) is 9.81. The van der Waals surface area contributed by atoms with Gasteiger partial charge in [0, 0.05) is 15.7 Å². The Kier molecular flexibility index (Phi) is 3.28. The van der Waals surface area contributed by atoms with Gasteiger partial charge in [-0.1, -0.05) is 0 Å². The number of benzene rings is 1. The molecule has 0 saturated carbocycles. The normalized spacial score (nSPS) is 24.3. The van der Waals surface area contributed by atoms with Crippen LogP contribution in [0.3, 0.4) is 0 Å². The van der Waals surface area contributed by atoms with Crippen LogP contribution >= 0.6 is 15.9 Å². The summed E-state index contributed by atoms with van der Waals surface area (Å²) in [5.41, 5.74) is 6.59. The lowest BCUT2D eigenvalue weighted by Gasteiger charge is -2.23. The van der Waals surface area contributed by atoms with Crippen LogP contribution in [0.5, 0.6) is 0 Å². The van der Waals surface area contributed by atoms with Gasteiger partial charge in [-0.15, -0.1) is 5.10 Å². The summed E-state index contributed by atoms with van der Waals surface area (Å²) >= 11 is 3.34. The second kappa shape index (κ2) is 4.77. The van der Waals surface area contributed by atoms with Crippen molar-refractivity contribution in [2.45, 2.75) is 18.9 Å². The van der Waals surface area contributed by atoms with Gasteiger partial charge in [0.15, 0.2) is 15.7 Å². The third kappa shape index (κ3) is 2.55. The Morgan fingerprint density at radius 3 is 2.81 bits per heavy atom. The van der Waals surface area contributed by atoms with E-state index in [9.17, 15) is 8.42 Å². The van der Waals surface area contributed by atoms with E-state index in [0.29, 0.717) is 17.9 Å². The molecule has 1 atom stereocenters. The molecule has 1 unspecified atom stereocenters. The number of hydrogen-bond acceptors (Lipinski definition) is 6. The fourth-order valence-electron chi connectivity index (χ4n) is 2.57. The molecule has 1 aliphatic rings. The van der Waals surface area contributed by atoms with Crippen LogP contribution in [0.25, 0.3) is 11.4 Å². The molecule has 9 heteroatoms. The molecule has 1 aromatic carbocycles. The average Bonchev–Trinajstić information content (AvgIpc) is 2.98. The summed E-state index contributed by atoms with van der Waals surface area (Å²) in [5.74, 6) is 0.726. The molecule has 1 saturated heterocycles. The van der Waals surface area contributed by atoms with E-state index >= 15 is 0 Å². The van der Waals surface area contributed by atoms with Crippen LogP contribution in [-0.2, 0) is 15.4 Å². The van der Waals surface area contributed by atoms with Gasteiger partial charge < -0.3 is 5.73 Å². The highest BCUT2D eigenvalue weighted by molar-refractivity contribution is 9.10. The van der Waals surface area contributed by atoms with Crippen LogP contribution < -0.4 is 5.73 Å². The van der Waals surface area contributed by atoms with Crippen LogP contribution in [0.1, 0.15) is 13.3 Å². The van der Waals surface area contributed by atoms with Gasteiger partial charge >= 0.3 is 0 Å². The van der Waals surface area contributed by atoms with Gasteiger partial charge in [-0.05, 0) is 57.9 Å². The largest absolute Gasteiger partial charge is 0.398 e. The smallest absolute Gasteiger partial charge is 0.182 e. The van der Waals surface area contributed by atoms with Gasteiger partial charge in [0.1, 0.15) is 0 Å². The van der Waals surface area contributed by atoms with Crippen LogP contribution in [0.4, 0.5) is 5.69 Å². The van der Waals surface area contributed by atoms with E-state index in [1.165, 1.54) is 0 Å². The molecule has 2 heterocycles. The van der Waals surface area contributed by atoms with E-state index in [4.69, 9.17) is 5.73 Å². The average molecular weight is 372 g/mol. The predicted octanol–water partition coefficient (Wildman–Crippen LogP) is 1.22. The summed E-state index contributed by atoms with van der Waals surface area (Å²) in [6, 6.07) is 5.42. The molecule has 0 amide bonds. The highest BCUT2D eigenvalue weighted by Gasteiger charge is 2.42. The highest BCUT2D eigenvalue weighted by atomic mass is 79.9. The molecule has 1 aliphatic heterocycles. The van der Waals surface area contributed by atoms with Crippen molar-refractivity contribution >= 4 is 31.5 Å². The van der Waals surface area contributed by atoms with Gasteiger partial charge in [-0.25, -0.2) is 13.1 Å². The molecule has 1 aromatic heterocycles. The van der Waals surface area contributed by atoms with Gasteiger partial charge in [0.05, 0.1) is 17.0 Å². The lowest BCUT2D eigenvalue weighted by Crippen LogP contribution is -2.33. The highest BCUT2D eigenvalue weighted by Crippen LogP contribution is 2.34. The zero-order valence-electron chi connectivity index (χ0n) is 11.3. The molecular formula is C12H14BrN5O2S. The second-order valence-corrected chi connectivity index (χ2v) is 8.53. The molecule has 1 fully saturated rings. The third-order valence-electron chi connectivity index (χ3n) is 3.72. The predicted molar refractivity (Wildman–Crippen MR) is 82.3 cm³/mol. The number of nitrogens with zero attached hydrogens (tertiary/aromatic N) is 4. The molecule has 0 spiro atoms. The summed E-state index contributed by atoms with van der Waals surface area (Å²) in [5, 5.41) is 11.7. The van der Waals surface area contributed by atoms with Crippen molar-refractivity contribution in [3.63, 3.8) is 0 Å². The maximum absolute atomic E-state index is 11.8. The molecule has 2 N–H and O–H groups in total. The molecule has 3 rings (SSSR count). The number of aromatic nitrogens is 4. The first-order valence-electron chi connectivity index (χ1n) is 6.35. The van der Waals surface area contributed by atoms with E-state index in [2.05, 4.69) is 31.5 Å². The number of rotatable bonds is 2. The van der Waals surface area contributed by atoms with Crippen molar-refractivity contribution in [3.8, 4) is 11.4 Å². The zero-order chi connectivity index (χ0) is 15.3. The number of hydrogen-bond donors (Lipinski definition) is 1. The minimum Gasteiger partial charge on any atom is -0.398 e. The van der Waals surface area contributed by atoms with E-state index in [1.54, 1.807) is 10.7 Å². The number of anilines is 1. The van der Waals surface area contributed by atoms with Crippen LogP contribution in [0.2, 0.25) is 0 Å². The Morgan fingerprint density at radius 2 is 2.19 bits per heavy atom. The number of sulfone groups is 1. The number of nitrogen functional groups attached to an aromatic ring is 1. The van der Waals surface area contributed by atoms with Gasteiger partial charge in [-0.3, -0.25) is 0 Å². The maximum atomic E-state index is 11.8. The Hall–Kier alpha value is -1.48. The molecule has 0 bridgehead atoms. The van der Waals surface area contributed by atoms with E-state index in [1.807, 2.05) is 19.1 Å². The minimum atomic E-state index is -3.04. The summed E-state index contributed by atoms with van der Waals surface area (Å²) in [6.45, 7) is 1.86. The standard InChI is InChI=1S/C12H14BrN5O2S/c1-12(4-5-21(19,20)7-12)18-11(15-16-17-18)8-2-3-9(13)10(14)6-8/h2-3,6H,4-5,7,14H2,1H3. The van der Waals surface area contributed by atoms with Crippen molar-refractivity contribution in [3.05, 3.63) is 22.7 Å². The Labute approximate surface area is 130 Å². The van der Waals surface area contributed by atoms with Crippen molar-refractivity contribution in [1.82, 2.24) is 20.2 Å². The Morgan fingerprint density at radius 1 is 1.43 bits per heavy atom. The molecule has 7 nitrogen and oxygen atoms in total. The van der Waals surface area contributed by atoms with Gasteiger partial charge in [-0.2, -0.15) is 0 Å². The molecule has 112 valence electrons. The molecular weight excluding hydrogens is 358 g/mol. The van der Waals surface area contributed by atoms with E-state index in [0.717, 1.165) is 10.0 Å². The van der Waals surface area contributed by atoms with Gasteiger partial charge in [0.25, 0.3) is 0 Å². The summed E-state index contributed by atoms with van der Waals surface area (Å²) in [7, 11) is -3.04. The summed E-state index contributed by atoms with van der Waals surface area (Å²) < 4.78 is 25.9. The topological polar surface area (TPSA) is 104 Å². The number of nitrogens with two attached hydrogens (primary N) is 1. The van der Waals surface area contributed by atoms with Crippen LogP contribution in [0.15, 0.2) is 22.7 Å². The van der Waals surface area contributed by atoms with Crippen molar-refractivity contribution in [2.75, 3.05) is 17.2 Å². The fourth-order valence-corrected chi connectivity index (χ4v) is 4.93. The quantitative estimate of drug-likeness (QED) is 0.795. The Balaban J connectivity index is 2.07. The third-order valence-corrected chi connectivity index (χ3v) is 6.33. The van der Waals surface area contributed by atoms with Crippen molar-refractivity contribution < 1.29 is 8.42 Å². The maximum Gasteiger partial charge on any atom is 0.182 e. The SMILES string of the molecule is CC1(n2nnnc2-c2ccc(Br)c(N)c2)CCS(=O)(=O)C1. The lowest BCUT2D eigenvalue weighted by molar-refractivity contribution is 0.325. The number of tetrazole rings is 1. The van der Waals surface area contributed by atoms with Crippen molar-refractivity contribution in [1.29, 1.82) is 0 Å². The van der Waals surface area contributed by atoms with Gasteiger partial charge in [0.2, 0.25) is 0 Å². The molecule has 2 aromatic rings. The Bertz CT molecular complexity index is 804. The first kappa shape index (κ1) is 14.5. The monoisotopic (exact) mass is 371 g/mol. The van der Waals surface area contributed by atoms with Crippen LogP contribution in [0, 0.1) is 0 Å². The van der Waals surface area contributed by atoms with Crippen molar-refractivity contribution in [2.24, 2.45) is 0 Å². The summed E-state index contributed by atoms with van der Waals surface area (Å²) in [6.07, 6.45) is 0.499. The molecule has 21 heavy (non-hydrogen) atoms. The second-order valence-electron chi connectivity index (χ2n) is 5.49. The van der Waals surface area contributed by atoms with Crippen LogP contribution in [-0.4, -0.2) is 40.1 Å².